The van der Waals surface area contributed by atoms with Crippen LogP contribution in [0.1, 0.15) is 38.3 Å². The Morgan fingerprint density at radius 1 is 1.32 bits per heavy atom. The average Bonchev–Trinajstić information content (AvgIpc) is 2.59. The van der Waals surface area contributed by atoms with E-state index in [1.807, 2.05) is 26.8 Å². The van der Waals surface area contributed by atoms with Crippen LogP contribution >= 0.6 is 0 Å². The van der Waals surface area contributed by atoms with Crippen LogP contribution in [0.15, 0.2) is 29.1 Å². The van der Waals surface area contributed by atoms with Gasteiger partial charge in [-0.3, -0.25) is 4.57 Å². The van der Waals surface area contributed by atoms with Crippen LogP contribution in [0.2, 0.25) is 0 Å². The minimum absolute atomic E-state index is 0.254. The van der Waals surface area contributed by atoms with Gasteiger partial charge in [0.2, 0.25) is 5.88 Å². The van der Waals surface area contributed by atoms with E-state index in [9.17, 15) is 9.90 Å². The van der Waals surface area contributed by atoms with Crippen LogP contribution in [0.4, 0.5) is 0 Å². The fourth-order valence-corrected chi connectivity index (χ4v) is 3.29. The van der Waals surface area contributed by atoms with E-state index in [0.29, 0.717) is 19.0 Å². The molecule has 1 aliphatic rings. The Kier molecular flexibility index (Phi) is 5.23. The number of aryl methyl sites for hydroxylation is 2. The number of fused-ring (bicyclic) bond motifs is 3. The number of aliphatic hydroxyl groups is 1. The van der Waals surface area contributed by atoms with Crippen molar-refractivity contribution in [1.82, 2.24) is 9.55 Å². The molecule has 3 rings (SSSR count). The van der Waals surface area contributed by atoms with Crippen molar-refractivity contribution < 1.29 is 9.84 Å². The molecule has 0 saturated heterocycles. The van der Waals surface area contributed by atoms with Crippen molar-refractivity contribution in [2.45, 2.75) is 52.7 Å². The number of nitrogens with zero attached hydrogens (tertiary/aromatic N) is 2. The van der Waals surface area contributed by atoms with Crippen molar-refractivity contribution in [3.8, 4) is 17.1 Å². The fourth-order valence-electron chi connectivity index (χ4n) is 3.29. The molecule has 134 valence electrons. The lowest BCUT2D eigenvalue weighted by molar-refractivity contribution is 0.116. The Bertz CT molecular complexity index is 811. The summed E-state index contributed by atoms with van der Waals surface area (Å²) in [6.07, 6.45) is 2.18. The van der Waals surface area contributed by atoms with Crippen LogP contribution in [0.25, 0.3) is 11.3 Å². The summed E-state index contributed by atoms with van der Waals surface area (Å²) in [7, 11) is 0. The largest absolute Gasteiger partial charge is 0.478 e. The van der Waals surface area contributed by atoms with Crippen LogP contribution in [0, 0.1) is 5.92 Å². The number of aliphatic hydroxyl groups excluding tert-OH is 1. The normalized spacial score (nSPS) is 14.1. The molecule has 1 aliphatic heterocycles. The summed E-state index contributed by atoms with van der Waals surface area (Å²) in [5.41, 5.74) is 4.16. The Labute approximate surface area is 148 Å². The third-order valence-electron chi connectivity index (χ3n) is 4.83. The monoisotopic (exact) mass is 342 g/mol. The second-order valence-corrected chi connectivity index (χ2v) is 6.94. The Morgan fingerprint density at radius 3 is 2.84 bits per heavy atom. The predicted molar refractivity (Wildman–Crippen MR) is 98.0 cm³/mol. The molecule has 1 aromatic carbocycles. The van der Waals surface area contributed by atoms with Gasteiger partial charge in [-0.05, 0) is 43.2 Å². The maximum Gasteiger partial charge on any atom is 0.351 e. The summed E-state index contributed by atoms with van der Waals surface area (Å²) >= 11 is 0. The molecule has 0 radical (unpaired) electrons. The van der Waals surface area contributed by atoms with Gasteiger partial charge in [-0.1, -0.05) is 32.0 Å². The van der Waals surface area contributed by atoms with E-state index in [2.05, 4.69) is 23.2 Å². The molecule has 1 N–H and O–H groups in total. The molecule has 25 heavy (non-hydrogen) atoms. The Hall–Kier alpha value is -2.14. The molecule has 0 saturated carbocycles. The highest BCUT2D eigenvalue weighted by Gasteiger charge is 2.19. The number of benzene rings is 1. The lowest BCUT2D eigenvalue weighted by atomic mass is 9.93. The molecule has 2 heterocycles. The highest BCUT2D eigenvalue weighted by Crippen LogP contribution is 2.30. The topological polar surface area (TPSA) is 64.4 Å². The first kappa shape index (κ1) is 17.7. The van der Waals surface area contributed by atoms with Crippen molar-refractivity contribution in [3.05, 3.63) is 45.9 Å². The van der Waals surface area contributed by atoms with E-state index < -0.39 is 0 Å². The first-order chi connectivity index (χ1) is 12.0. The zero-order chi connectivity index (χ0) is 18.0. The van der Waals surface area contributed by atoms with E-state index in [1.165, 1.54) is 11.1 Å². The molecule has 5 nitrogen and oxygen atoms in total. The van der Waals surface area contributed by atoms with Crippen LogP contribution in [-0.2, 0) is 19.4 Å². The summed E-state index contributed by atoms with van der Waals surface area (Å²) < 4.78 is 7.14. The van der Waals surface area contributed by atoms with E-state index >= 15 is 0 Å². The van der Waals surface area contributed by atoms with Crippen LogP contribution in [-0.4, -0.2) is 27.4 Å². The second-order valence-electron chi connectivity index (χ2n) is 6.94. The molecule has 1 atom stereocenters. The van der Waals surface area contributed by atoms with Gasteiger partial charge in [0.15, 0.2) is 0 Å². The predicted octanol–water partition coefficient (Wildman–Crippen LogP) is 2.81. The SMILES string of the molecule is CCOc1cc2n(c(=O)n1)CCc1cc(CCC(O)C(C)C)ccc1-2. The maximum absolute atomic E-state index is 12.2. The summed E-state index contributed by atoms with van der Waals surface area (Å²) in [5, 5.41) is 10.0. The minimum atomic E-state index is -0.268. The lowest BCUT2D eigenvalue weighted by Crippen LogP contribution is -2.28. The van der Waals surface area contributed by atoms with Gasteiger partial charge in [0.25, 0.3) is 0 Å². The number of hydrogen-bond donors (Lipinski definition) is 1. The standard InChI is InChI=1S/C20H26N2O3/c1-4-25-19-12-17-16-7-5-14(6-8-18(23)13(2)3)11-15(16)9-10-22(17)20(24)21-19/h5,7,11-13,18,23H,4,6,8-10H2,1-3H3. The minimum Gasteiger partial charge on any atom is -0.478 e. The van der Waals surface area contributed by atoms with Crippen LogP contribution in [0.3, 0.4) is 0 Å². The molecule has 2 aromatic rings. The van der Waals surface area contributed by atoms with Gasteiger partial charge in [0.05, 0.1) is 18.4 Å². The van der Waals surface area contributed by atoms with E-state index in [4.69, 9.17) is 4.74 Å². The van der Waals surface area contributed by atoms with Crippen molar-refractivity contribution in [2.24, 2.45) is 5.92 Å². The maximum atomic E-state index is 12.2. The van der Waals surface area contributed by atoms with E-state index in [1.54, 1.807) is 4.57 Å². The van der Waals surface area contributed by atoms with Gasteiger partial charge < -0.3 is 9.84 Å². The van der Waals surface area contributed by atoms with Crippen molar-refractivity contribution in [1.29, 1.82) is 0 Å². The molecular formula is C20H26N2O3. The van der Waals surface area contributed by atoms with E-state index in [0.717, 1.165) is 30.5 Å². The fraction of sp³-hybridized carbons (Fsp3) is 0.500. The van der Waals surface area contributed by atoms with Crippen molar-refractivity contribution in [3.63, 3.8) is 0 Å². The molecule has 0 fully saturated rings. The van der Waals surface area contributed by atoms with Gasteiger partial charge in [-0.15, -0.1) is 0 Å². The van der Waals surface area contributed by atoms with Crippen LogP contribution in [0.5, 0.6) is 5.88 Å². The van der Waals surface area contributed by atoms with E-state index in [-0.39, 0.29) is 17.7 Å². The molecule has 1 unspecified atom stereocenters. The third kappa shape index (κ3) is 3.76. The Balaban J connectivity index is 1.89. The van der Waals surface area contributed by atoms with Crippen LogP contribution < -0.4 is 10.4 Å². The smallest absolute Gasteiger partial charge is 0.351 e. The first-order valence-electron chi connectivity index (χ1n) is 9.04. The zero-order valence-corrected chi connectivity index (χ0v) is 15.2. The number of aromatic nitrogens is 2. The summed E-state index contributed by atoms with van der Waals surface area (Å²) in [6.45, 7) is 7.08. The summed E-state index contributed by atoms with van der Waals surface area (Å²) in [4.78, 5) is 16.2. The molecule has 0 aliphatic carbocycles. The van der Waals surface area contributed by atoms with Gasteiger partial charge in [-0.2, -0.15) is 4.98 Å². The van der Waals surface area contributed by atoms with Gasteiger partial charge in [0.1, 0.15) is 0 Å². The van der Waals surface area contributed by atoms with Gasteiger partial charge >= 0.3 is 5.69 Å². The Morgan fingerprint density at radius 2 is 2.12 bits per heavy atom. The highest BCUT2D eigenvalue weighted by atomic mass is 16.5. The number of ether oxygens (including phenoxy) is 1. The van der Waals surface area contributed by atoms with Crippen molar-refractivity contribution in [2.75, 3.05) is 6.61 Å². The molecule has 0 spiro atoms. The molecule has 5 heteroatoms. The van der Waals surface area contributed by atoms with Gasteiger partial charge in [-0.25, -0.2) is 4.79 Å². The highest BCUT2D eigenvalue weighted by molar-refractivity contribution is 5.67. The first-order valence-corrected chi connectivity index (χ1v) is 9.04. The number of rotatable bonds is 6. The lowest BCUT2D eigenvalue weighted by Gasteiger charge is -2.22. The quantitative estimate of drug-likeness (QED) is 0.877. The average molecular weight is 342 g/mol. The second kappa shape index (κ2) is 7.40. The zero-order valence-electron chi connectivity index (χ0n) is 15.2. The molecule has 0 bridgehead atoms. The summed E-state index contributed by atoms with van der Waals surface area (Å²) in [6, 6.07) is 8.22. The summed E-state index contributed by atoms with van der Waals surface area (Å²) in [5.74, 6) is 0.664. The molecular weight excluding hydrogens is 316 g/mol. The van der Waals surface area contributed by atoms with Gasteiger partial charge in [0, 0.05) is 18.2 Å². The molecule has 0 amide bonds. The molecule has 1 aromatic heterocycles. The van der Waals surface area contributed by atoms with Crippen molar-refractivity contribution >= 4 is 0 Å². The third-order valence-corrected chi connectivity index (χ3v) is 4.83. The number of hydrogen-bond acceptors (Lipinski definition) is 4.